The molecule has 128 valence electrons. The van der Waals surface area contributed by atoms with E-state index in [2.05, 4.69) is 25.3 Å². The highest BCUT2D eigenvalue weighted by Crippen LogP contribution is 2.44. The Hall–Kier alpha value is -2.81. The van der Waals surface area contributed by atoms with Crippen molar-refractivity contribution in [3.05, 3.63) is 41.3 Å². The molecule has 3 aromatic rings. The summed E-state index contributed by atoms with van der Waals surface area (Å²) in [6.07, 6.45) is 2.30. The summed E-state index contributed by atoms with van der Waals surface area (Å²) < 4.78 is 23.7. The number of methoxy groups -OCH3 is 1. The van der Waals surface area contributed by atoms with Gasteiger partial charge in [0.1, 0.15) is 16.6 Å². The Morgan fingerprint density at radius 1 is 1.12 bits per heavy atom. The van der Waals surface area contributed by atoms with E-state index in [1.165, 1.54) is 42.7 Å². The third-order valence-electron chi connectivity index (χ3n) is 3.58. The molecule has 0 saturated heterocycles. The van der Waals surface area contributed by atoms with E-state index in [1.54, 1.807) is 5.51 Å². The normalized spacial score (nSPS) is 13.5. The summed E-state index contributed by atoms with van der Waals surface area (Å²) in [7, 11) is 1.46. The van der Waals surface area contributed by atoms with Crippen LogP contribution in [-0.4, -0.2) is 27.0 Å². The Bertz CT molecular complexity index is 882. The van der Waals surface area contributed by atoms with Crippen molar-refractivity contribution in [2.45, 2.75) is 18.8 Å². The fourth-order valence-electron chi connectivity index (χ4n) is 2.24. The molecule has 0 unspecified atom stereocenters. The monoisotopic (exact) mass is 359 g/mol. The zero-order chi connectivity index (χ0) is 17.2. The molecule has 0 radical (unpaired) electrons. The Balaban J connectivity index is 1.59. The molecule has 0 bridgehead atoms. The number of anilines is 2. The molecule has 4 rings (SSSR count). The van der Waals surface area contributed by atoms with Crippen LogP contribution in [0.5, 0.6) is 17.8 Å². The first-order valence-electron chi connectivity index (χ1n) is 7.65. The van der Waals surface area contributed by atoms with E-state index in [-0.39, 0.29) is 17.8 Å². The topological polar surface area (TPSA) is 82.0 Å². The summed E-state index contributed by atoms with van der Waals surface area (Å²) in [5, 5.41) is 4.06. The van der Waals surface area contributed by atoms with E-state index >= 15 is 0 Å². The van der Waals surface area contributed by atoms with Gasteiger partial charge in [-0.05, 0) is 37.1 Å². The fourth-order valence-corrected chi connectivity index (χ4v) is 3.00. The highest BCUT2D eigenvalue weighted by molar-refractivity contribution is 7.14. The van der Waals surface area contributed by atoms with Gasteiger partial charge in [0.15, 0.2) is 0 Å². The van der Waals surface area contributed by atoms with Crippen molar-refractivity contribution in [3.63, 3.8) is 0 Å². The van der Waals surface area contributed by atoms with Crippen molar-refractivity contribution in [1.29, 1.82) is 0 Å². The third-order valence-corrected chi connectivity index (χ3v) is 4.34. The molecular formula is C16H14FN5O2S. The van der Waals surface area contributed by atoms with E-state index in [4.69, 9.17) is 9.47 Å². The van der Waals surface area contributed by atoms with Gasteiger partial charge < -0.3 is 14.8 Å². The molecule has 1 N–H and O–H groups in total. The van der Waals surface area contributed by atoms with E-state index < -0.39 is 0 Å². The highest BCUT2D eigenvalue weighted by Gasteiger charge is 2.29. The smallest absolute Gasteiger partial charge is 0.330 e. The van der Waals surface area contributed by atoms with Crippen molar-refractivity contribution in [1.82, 2.24) is 19.9 Å². The number of rotatable bonds is 6. The zero-order valence-electron chi connectivity index (χ0n) is 13.3. The quantitative estimate of drug-likeness (QED) is 0.715. The number of aromatic nitrogens is 4. The van der Waals surface area contributed by atoms with Gasteiger partial charge in [-0.25, -0.2) is 9.37 Å². The maximum atomic E-state index is 13.0. The summed E-state index contributed by atoms with van der Waals surface area (Å²) in [4.78, 5) is 16.9. The van der Waals surface area contributed by atoms with Gasteiger partial charge in [-0.1, -0.05) is 0 Å². The van der Waals surface area contributed by atoms with Crippen LogP contribution >= 0.6 is 11.3 Å². The van der Waals surface area contributed by atoms with Crippen molar-refractivity contribution < 1.29 is 13.9 Å². The second-order valence-electron chi connectivity index (χ2n) is 5.45. The van der Waals surface area contributed by atoms with Crippen LogP contribution in [0.2, 0.25) is 0 Å². The number of nitrogens with zero attached hydrogens (tertiary/aromatic N) is 4. The second-order valence-corrected chi connectivity index (χ2v) is 6.31. The Labute approximate surface area is 146 Å². The van der Waals surface area contributed by atoms with Crippen LogP contribution in [0.1, 0.15) is 24.5 Å². The second kappa shape index (κ2) is 6.60. The molecule has 1 aromatic carbocycles. The molecule has 0 amide bonds. The van der Waals surface area contributed by atoms with Crippen LogP contribution in [-0.2, 0) is 0 Å². The lowest BCUT2D eigenvalue weighted by atomic mass is 10.3. The number of thiazole rings is 1. The van der Waals surface area contributed by atoms with Crippen molar-refractivity contribution in [2.24, 2.45) is 0 Å². The SMILES string of the molecule is COc1nc(Nc2scnc2C2CC2)nc(Oc2ccc(F)cc2)n1. The van der Waals surface area contributed by atoms with Crippen LogP contribution in [0.4, 0.5) is 15.3 Å². The van der Waals surface area contributed by atoms with Gasteiger partial charge >= 0.3 is 12.0 Å². The zero-order valence-corrected chi connectivity index (χ0v) is 14.1. The van der Waals surface area contributed by atoms with E-state index in [0.717, 1.165) is 23.5 Å². The van der Waals surface area contributed by atoms with Gasteiger partial charge in [0.25, 0.3) is 0 Å². The van der Waals surface area contributed by atoms with Crippen molar-refractivity contribution in [2.75, 3.05) is 12.4 Å². The molecule has 1 aliphatic rings. The number of hydrogen-bond acceptors (Lipinski definition) is 8. The van der Waals surface area contributed by atoms with Gasteiger partial charge in [-0.2, -0.15) is 9.97 Å². The van der Waals surface area contributed by atoms with Crippen molar-refractivity contribution in [3.8, 4) is 17.8 Å². The van der Waals surface area contributed by atoms with Gasteiger partial charge in [-0.15, -0.1) is 16.3 Å². The molecular weight excluding hydrogens is 345 g/mol. The van der Waals surface area contributed by atoms with Crippen LogP contribution in [0.3, 0.4) is 0 Å². The molecule has 1 fully saturated rings. The molecule has 7 nitrogen and oxygen atoms in total. The van der Waals surface area contributed by atoms with Crippen LogP contribution < -0.4 is 14.8 Å². The largest absolute Gasteiger partial charge is 0.467 e. The number of ether oxygens (including phenoxy) is 2. The summed E-state index contributed by atoms with van der Waals surface area (Å²) in [6.45, 7) is 0. The minimum Gasteiger partial charge on any atom is -0.467 e. The average Bonchev–Trinajstić information content (AvgIpc) is 3.36. The van der Waals surface area contributed by atoms with Gasteiger partial charge in [-0.3, -0.25) is 0 Å². The lowest BCUT2D eigenvalue weighted by Crippen LogP contribution is -2.04. The van der Waals surface area contributed by atoms with Crippen molar-refractivity contribution >= 4 is 22.3 Å². The highest BCUT2D eigenvalue weighted by atomic mass is 32.1. The molecule has 2 heterocycles. The van der Waals surface area contributed by atoms with E-state index in [0.29, 0.717) is 17.6 Å². The number of nitrogens with one attached hydrogen (secondary N) is 1. The first-order chi connectivity index (χ1) is 12.2. The Morgan fingerprint density at radius 3 is 2.60 bits per heavy atom. The number of hydrogen-bond donors (Lipinski definition) is 1. The van der Waals surface area contributed by atoms with Crippen LogP contribution in [0, 0.1) is 5.82 Å². The maximum absolute atomic E-state index is 13.0. The predicted octanol–water partition coefficient (Wildman–Crippen LogP) is 3.89. The first-order valence-corrected chi connectivity index (χ1v) is 8.53. The molecule has 1 aliphatic carbocycles. The Morgan fingerprint density at radius 2 is 1.88 bits per heavy atom. The molecule has 9 heteroatoms. The minimum absolute atomic E-state index is 0.0541. The van der Waals surface area contributed by atoms with Crippen LogP contribution in [0.25, 0.3) is 0 Å². The lowest BCUT2D eigenvalue weighted by molar-refractivity contribution is 0.360. The standard InChI is InChI=1S/C16H14FN5O2S/c1-23-15-20-14(19-13-12(9-2-3-9)18-8-25-13)21-16(22-15)24-11-6-4-10(17)5-7-11/h4-9H,2-3H2,1H3,(H,19,20,21,22). The summed E-state index contributed by atoms with van der Waals surface area (Å²) in [5.41, 5.74) is 2.83. The third kappa shape index (κ3) is 3.66. The minimum atomic E-state index is -0.347. The molecule has 25 heavy (non-hydrogen) atoms. The van der Waals surface area contributed by atoms with Gasteiger partial charge in [0.2, 0.25) is 5.95 Å². The Kier molecular flexibility index (Phi) is 4.14. The molecule has 0 atom stereocenters. The van der Waals surface area contributed by atoms with Gasteiger partial charge in [0.05, 0.1) is 18.3 Å². The predicted molar refractivity (Wildman–Crippen MR) is 90.2 cm³/mol. The molecule has 0 spiro atoms. The molecule has 1 saturated carbocycles. The van der Waals surface area contributed by atoms with Gasteiger partial charge in [0, 0.05) is 5.92 Å². The van der Waals surface area contributed by atoms with E-state index in [9.17, 15) is 4.39 Å². The lowest BCUT2D eigenvalue weighted by Gasteiger charge is -2.08. The van der Waals surface area contributed by atoms with Crippen LogP contribution in [0.15, 0.2) is 29.8 Å². The molecule has 0 aliphatic heterocycles. The number of halogens is 1. The summed E-state index contributed by atoms with van der Waals surface area (Å²) >= 11 is 1.49. The van der Waals surface area contributed by atoms with E-state index in [1.807, 2.05) is 0 Å². The number of benzene rings is 1. The molecule has 2 aromatic heterocycles. The first kappa shape index (κ1) is 15.7. The summed E-state index contributed by atoms with van der Waals surface area (Å²) in [6, 6.07) is 5.75. The summed E-state index contributed by atoms with van der Waals surface area (Å²) in [5.74, 6) is 0.875. The maximum Gasteiger partial charge on any atom is 0.330 e. The fraction of sp³-hybridized carbons (Fsp3) is 0.250. The average molecular weight is 359 g/mol.